The van der Waals surface area contributed by atoms with E-state index in [1.807, 2.05) is 44.2 Å². The molecule has 1 N–H and O–H groups in total. The van der Waals surface area contributed by atoms with Crippen molar-refractivity contribution >= 4 is 23.3 Å². The van der Waals surface area contributed by atoms with Crippen LogP contribution in [0.15, 0.2) is 42.5 Å². The minimum Gasteiger partial charge on any atom is -0.490 e. The zero-order valence-electron chi connectivity index (χ0n) is 17.5. The van der Waals surface area contributed by atoms with Crippen LogP contribution in [0.25, 0.3) is 0 Å². The second-order valence-electron chi connectivity index (χ2n) is 7.03. The first-order chi connectivity index (χ1) is 14.3. The fourth-order valence-electron chi connectivity index (χ4n) is 3.12. The Morgan fingerprint density at radius 3 is 2.43 bits per heavy atom. The van der Waals surface area contributed by atoms with E-state index in [-0.39, 0.29) is 17.4 Å². The summed E-state index contributed by atoms with van der Waals surface area (Å²) in [5.74, 6) is -1.41. The zero-order valence-corrected chi connectivity index (χ0v) is 17.5. The summed E-state index contributed by atoms with van der Waals surface area (Å²) in [4.78, 5) is 35.5. The molecule has 0 bridgehead atoms. The van der Waals surface area contributed by atoms with Crippen LogP contribution in [0, 0.1) is 23.0 Å². The summed E-state index contributed by atoms with van der Waals surface area (Å²) in [6, 6.07) is 12.0. The molecule has 0 unspecified atom stereocenters. The number of hydrogen-bond acceptors (Lipinski definition) is 6. The van der Waals surface area contributed by atoms with Crippen molar-refractivity contribution in [3.63, 3.8) is 0 Å². The second kappa shape index (κ2) is 10.4. The van der Waals surface area contributed by atoms with Crippen LogP contribution in [0.1, 0.15) is 37.3 Å². The highest BCUT2D eigenvalue weighted by Gasteiger charge is 2.28. The number of anilines is 1. The molecule has 0 heterocycles. The van der Waals surface area contributed by atoms with Gasteiger partial charge in [-0.25, -0.2) is 0 Å². The molecule has 8 nitrogen and oxygen atoms in total. The van der Waals surface area contributed by atoms with E-state index in [0.29, 0.717) is 11.3 Å². The Hall–Kier alpha value is -3.42. The van der Waals surface area contributed by atoms with Crippen molar-refractivity contribution in [2.45, 2.75) is 33.1 Å². The number of esters is 1. The summed E-state index contributed by atoms with van der Waals surface area (Å²) < 4.78 is 10.3. The van der Waals surface area contributed by atoms with Crippen molar-refractivity contribution in [2.75, 3.05) is 19.0 Å². The molecule has 30 heavy (non-hydrogen) atoms. The molecule has 0 radical (unpaired) electrons. The monoisotopic (exact) mass is 414 g/mol. The van der Waals surface area contributed by atoms with Gasteiger partial charge in [0, 0.05) is 17.8 Å². The SMILES string of the molecule is CC[C@H](C)[C@@H](C(=O)OCC(=O)Nc1cc(OC)c([N+](=O)[O-])cc1C)c1ccccc1. The van der Waals surface area contributed by atoms with Crippen LogP contribution < -0.4 is 10.1 Å². The van der Waals surface area contributed by atoms with Crippen LogP contribution in [0.5, 0.6) is 5.75 Å². The van der Waals surface area contributed by atoms with Crippen LogP contribution >= 0.6 is 0 Å². The van der Waals surface area contributed by atoms with E-state index < -0.39 is 29.3 Å². The van der Waals surface area contributed by atoms with Crippen molar-refractivity contribution in [3.8, 4) is 5.75 Å². The first kappa shape index (κ1) is 22.9. The normalized spacial score (nSPS) is 12.5. The van der Waals surface area contributed by atoms with Crippen LogP contribution in [0.4, 0.5) is 11.4 Å². The Bertz CT molecular complexity index is 913. The van der Waals surface area contributed by atoms with Gasteiger partial charge in [0.15, 0.2) is 12.4 Å². The summed E-state index contributed by atoms with van der Waals surface area (Å²) in [5.41, 5.74) is 1.48. The van der Waals surface area contributed by atoms with Gasteiger partial charge in [0.1, 0.15) is 0 Å². The molecule has 160 valence electrons. The average molecular weight is 414 g/mol. The lowest BCUT2D eigenvalue weighted by Gasteiger charge is -2.21. The molecule has 2 aromatic rings. The van der Waals surface area contributed by atoms with Gasteiger partial charge in [0.05, 0.1) is 18.0 Å². The summed E-state index contributed by atoms with van der Waals surface area (Å²) in [7, 11) is 1.31. The van der Waals surface area contributed by atoms with Gasteiger partial charge in [-0.1, -0.05) is 50.6 Å². The number of carbonyl (C=O) groups is 2. The van der Waals surface area contributed by atoms with Crippen molar-refractivity contribution in [1.29, 1.82) is 0 Å². The molecule has 0 spiro atoms. The maximum atomic E-state index is 12.7. The van der Waals surface area contributed by atoms with Crippen molar-refractivity contribution in [3.05, 3.63) is 63.7 Å². The molecule has 0 fully saturated rings. The van der Waals surface area contributed by atoms with E-state index in [1.165, 1.54) is 19.2 Å². The highest BCUT2D eigenvalue weighted by Crippen LogP contribution is 2.33. The maximum absolute atomic E-state index is 12.7. The molecular weight excluding hydrogens is 388 g/mol. The van der Waals surface area contributed by atoms with E-state index in [9.17, 15) is 19.7 Å². The lowest BCUT2D eigenvalue weighted by Crippen LogP contribution is -2.27. The molecular formula is C22H26N2O6. The Balaban J connectivity index is 2.08. The Morgan fingerprint density at radius 2 is 1.87 bits per heavy atom. The highest BCUT2D eigenvalue weighted by molar-refractivity contribution is 5.94. The Labute approximate surface area is 175 Å². The van der Waals surface area contributed by atoms with E-state index in [4.69, 9.17) is 9.47 Å². The van der Waals surface area contributed by atoms with Crippen LogP contribution in [-0.4, -0.2) is 30.5 Å². The molecule has 0 aromatic heterocycles. The molecule has 0 aliphatic rings. The van der Waals surface area contributed by atoms with Gasteiger partial charge in [-0.2, -0.15) is 0 Å². The van der Waals surface area contributed by atoms with Gasteiger partial charge < -0.3 is 14.8 Å². The summed E-state index contributed by atoms with van der Waals surface area (Å²) in [6.07, 6.45) is 0.780. The van der Waals surface area contributed by atoms with E-state index in [0.717, 1.165) is 12.0 Å². The highest BCUT2D eigenvalue weighted by atomic mass is 16.6. The number of carbonyl (C=O) groups excluding carboxylic acids is 2. The number of aryl methyl sites for hydroxylation is 1. The number of benzene rings is 2. The molecule has 8 heteroatoms. The van der Waals surface area contributed by atoms with Crippen LogP contribution in [-0.2, 0) is 14.3 Å². The Morgan fingerprint density at radius 1 is 1.20 bits per heavy atom. The van der Waals surface area contributed by atoms with Gasteiger partial charge in [0.2, 0.25) is 0 Å². The van der Waals surface area contributed by atoms with Gasteiger partial charge in [-0.3, -0.25) is 19.7 Å². The van der Waals surface area contributed by atoms with Crippen molar-refractivity contribution in [1.82, 2.24) is 0 Å². The third-order valence-corrected chi connectivity index (χ3v) is 4.97. The zero-order chi connectivity index (χ0) is 22.3. The lowest BCUT2D eigenvalue weighted by atomic mass is 9.86. The molecule has 0 saturated carbocycles. The number of methoxy groups -OCH3 is 1. The molecule has 1 amide bonds. The van der Waals surface area contributed by atoms with Gasteiger partial charge in [0.25, 0.3) is 5.91 Å². The third-order valence-electron chi connectivity index (χ3n) is 4.97. The largest absolute Gasteiger partial charge is 0.490 e. The van der Waals surface area contributed by atoms with Gasteiger partial charge in [-0.05, 0) is 24.0 Å². The van der Waals surface area contributed by atoms with Crippen molar-refractivity contribution < 1.29 is 24.0 Å². The number of nitro benzene ring substituents is 1. The first-order valence-electron chi connectivity index (χ1n) is 9.62. The standard InChI is InChI=1S/C22H26N2O6/c1-5-14(2)21(16-9-7-6-8-10-16)22(26)30-13-20(25)23-17-12-19(29-4)18(24(27)28)11-15(17)3/h6-12,14,21H,5,13H2,1-4H3,(H,23,25)/t14-,21+/m0/s1. The minimum atomic E-state index is -0.558. The van der Waals surface area contributed by atoms with Gasteiger partial charge >= 0.3 is 11.7 Å². The molecule has 0 aliphatic carbocycles. The Kier molecular flexibility index (Phi) is 7.91. The lowest BCUT2D eigenvalue weighted by molar-refractivity contribution is -0.385. The smallest absolute Gasteiger partial charge is 0.314 e. The van der Waals surface area contributed by atoms with Crippen LogP contribution in [0.2, 0.25) is 0 Å². The van der Waals surface area contributed by atoms with E-state index in [2.05, 4.69) is 5.32 Å². The number of nitrogens with one attached hydrogen (secondary N) is 1. The second-order valence-corrected chi connectivity index (χ2v) is 7.03. The first-order valence-corrected chi connectivity index (χ1v) is 9.62. The summed E-state index contributed by atoms with van der Waals surface area (Å²) in [5, 5.41) is 13.7. The van der Waals surface area contributed by atoms with Crippen molar-refractivity contribution in [2.24, 2.45) is 5.92 Å². The number of rotatable bonds is 9. The summed E-state index contributed by atoms with van der Waals surface area (Å²) in [6.45, 7) is 5.12. The van der Waals surface area contributed by atoms with Crippen LogP contribution in [0.3, 0.4) is 0 Å². The molecule has 2 rings (SSSR count). The molecule has 2 aromatic carbocycles. The number of nitrogens with zero attached hydrogens (tertiary/aromatic N) is 1. The average Bonchev–Trinajstić information content (AvgIpc) is 2.74. The molecule has 0 aliphatic heterocycles. The fraction of sp³-hybridized carbons (Fsp3) is 0.364. The predicted molar refractivity (Wildman–Crippen MR) is 113 cm³/mol. The number of ether oxygens (including phenoxy) is 2. The minimum absolute atomic E-state index is 0.0267. The predicted octanol–water partition coefficient (Wildman–Crippen LogP) is 4.22. The third kappa shape index (κ3) is 5.56. The van der Waals surface area contributed by atoms with E-state index >= 15 is 0 Å². The molecule has 0 saturated heterocycles. The maximum Gasteiger partial charge on any atom is 0.314 e. The number of hydrogen-bond donors (Lipinski definition) is 1. The number of nitro groups is 1. The van der Waals surface area contributed by atoms with Gasteiger partial charge in [-0.15, -0.1) is 0 Å². The molecule has 2 atom stereocenters. The number of amides is 1. The summed E-state index contributed by atoms with van der Waals surface area (Å²) >= 11 is 0. The fourth-order valence-corrected chi connectivity index (χ4v) is 3.12. The topological polar surface area (TPSA) is 108 Å². The quantitative estimate of drug-likeness (QED) is 0.374. The van der Waals surface area contributed by atoms with E-state index in [1.54, 1.807) is 6.92 Å².